The maximum Gasteiger partial charge on any atom is 0.106 e. The second kappa shape index (κ2) is 6.53. The lowest BCUT2D eigenvalue weighted by Crippen LogP contribution is -2.15. The zero-order valence-electron chi connectivity index (χ0n) is 11.8. The van der Waals surface area contributed by atoms with Gasteiger partial charge in [0.15, 0.2) is 0 Å². The predicted molar refractivity (Wildman–Crippen MR) is 80.0 cm³/mol. The number of rotatable bonds is 6. The summed E-state index contributed by atoms with van der Waals surface area (Å²) in [5, 5.41) is 0. The summed E-state index contributed by atoms with van der Waals surface area (Å²) >= 11 is 0. The van der Waals surface area contributed by atoms with Gasteiger partial charge in [-0.3, -0.25) is 0 Å². The Balaban J connectivity index is 2.05. The van der Waals surface area contributed by atoms with Gasteiger partial charge in [-0.2, -0.15) is 0 Å². The van der Waals surface area contributed by atoms with Crippen LogP contribution in [0.4, 0.5) is 0 Å². The number of aromatic amines is 1. The van der Waals surface area contributed by atoms with Crippen LogP contribution >= 0.6 is 0 Å². The van der Waals surface area contributed by atoms with Crippen molar-refractivity contribution >= 4 is 0 Å². The molecule has 1 aromatic heterocycles. The fraction of sp³-hybridized carbons (Fsp3) is 0.438. The number of nitrogens with two attached hydrogens (primary N) is 1. The zero-order valence-corrected chi connectivity index (χ0v) is 11.8. The minimum Gasteiger partial charge on any atom is -0.342 e. The molecular formula is C16H23N3. The topological polar surface area (TPSA) is 54.7 Å². The Labute approximate surface area is 115 Å². The average Bonchev–Trinajstić information content (AvgIpc) is 2.86. The first-order chi connectivity index (χ1) is 9.19. The highest BCUT2D eigenvalue weighted by molar-refractivity contribution is 5.58. The fourth-order valence-electron chi connectivity index (χ4n) is 2.14. The highest BCUT2D eigenvalue weighted by Gasteiger charge is 2.04. The SMILES string of the molecule is CCCc1ccc(-c2cnc(CCC(C)N)[nH]2)cc1. The number of H-pyrrole nitrogens is 1. The molecule has 0 fully saturated rings. The van der Waals surface area contributed by atoms with E-state index in [4.69, 9.17) is 5.73 Å². The average molecular weight is 257 g/mol. The van der Waals surface area contributed by atoms with E-state index in [9.17, 15) is 0 Å². The number of nitrogens with zero attached hydrogens (tertiary/aromatic N) is 1. The summed E-state index contributed by atoms with van der Waals surface area (Å²) in [5.41, 5.74) is 9.43. The standard InChI is InChI=1S/C16H23N3/c1-3-4-13-6-8-14(9-7-13)15-11-18-16(19-15)10-5-12(2)17/h6-9,11-12H,3-5,10,17H2,1-2H3,(H,18,19). The van der Waals surface area contributed by atoms with Crippen molar-refractivity contribution in [2.45, 2.75) is 45.6 Å². The second-order valence-electron chi connectivity index (χ2n) is 5.21. The second-order valence-corrected chi connectivity index (χ2v) is 5.21. The van der Waals surface area contributed by atoms with Crippen LogP contribution in [0.5, 0.6) is 0 Å². The largest absolute Gasteiger partial charge is 0.342 e. The van der Waals surface area contributed by atoms with Gasteiger partial charge in [0.05, 0.1) is 11.9 Å². The van der Waals surface area contributed by atoms with Gasteiger partial charge in [-0.05, 0) is 30.9 Å². The molecule has 0 aliphatic rings. The summed E-state index contributed by atoms with van der Waals surface area (Å²) in [6, 6.07) is 8.94. The van der Waals surface area contributed by atoms with Gasteiger partial charge in [0.2, 0.25) is 0 Å². The Kier molecular flexibility index (Phi) is 4.74. The third-order valence-corrected chi connectivity index (χ3v) is 3.27. The Hall–Kier alpha value is -1.61. The van der Waals surface area contributed by atoms with E-state index in [0.29, 0.717) is 0 Å². The maximum absolute atomic E-state index is 5.76. The van der Waals surface area contributed by atoms with Crippen LogP contribution in [0.25, 0.3) is 11.3 Å². The van der Waals surface area contributed by atoms with Crippen LogP contribution in [0.15, 0.2) is 30.5 Å². The lowest BCUT2D eigenvalue weighted by atomic mass is 10.1. The summed E-state index contributed by atoms with van der Waals surface area (Å²) in [4.78, 5) is 7.78. The van der Waals surface area contributed by atoms with E-state index in [1.54, 1.807) is 0 Å². The van der Waals surface area contributed by atoms with Crippen LogP contribution in [-0.4, -0.2) is 16.0 Å². The molecule has 0 saturated carbocycles. The van der Waals surface area contributed by atoms with E-state index in [-0.39, 0.29) is 6.04 Å². The lowest BCUT2D eigenvalue weighted by molar-refractivity contribution is 0.652. The monoisotopic (exact) mass is 257 g/mol. The van der Waals surface area contributed by atoms with Crippen molar-refractivity contribution in [1.82, 2.24) is 9.97 Å². The molecule has 1 atom stereocenters. The van der Waals surface area contributed by atoms with E-state index in [0.717, 1.165) is 30.8 Å². The molecule has 3 heteroatoms. The van der Waals surface area contributed by atoms with Crippen molar-refractivity contribution in [2.24, 2.45) is 5.73 Å². The molecular weight excluding hydrogens is 234 g/mol. The number of aryl methyl sites for hydroxylation is 2. The first-order valence-electron chi connectivity index (χ1n) is 7.07. The van der Waals surface area contributed by atoms with Crippen molar-refractivity contribution in [3.63, 3.8) is 0 Å². The van der Waals surface area contributed by atoms with Gasteiger partial charge >= 0.3 is 0 Å². The number of imidazole rings is 1. The van der Waals surface area contributed by atoms with Gasteiger partial charge in [0, 0.05) is 12.5 Å². The van der Waals surface area contributed by atoms with Crippen LogP contribution in [0, 0.1) is 0 Å². The Morgan fingerprint density at radius 3 is 2.58 bits per heavy atom. The highest BCUT2D eigenvalue weighted by Crippen LogP contribution is 2.18. The van der Waals surface area contributed by atoms with Crippen LogP contribution in [-0.2, 0) is 12.8 Å². The predicted octanol–water partition coefficient (Wildman–Crippen LogP) is 3.31. The normalized spacial score (nSPS) is 12.6. The zero-order chi connectivity index (χ0) is 13.7. The van der Waals surface area contributed by atoms with Gasteiger partial charge in [-0.15, -0.1) is 0 Å². The minimum absolute atomic E-state index is 0.224. The number of benzene rings is 1. The van der Waals surface area contributed by atoms with Gasteiger partial charge in [-0.25, -0.2) is 4.98 Å². The first kappa shape index (κ1) is 13.8. The molecule has 1 heterocycles. The van der Waals surface area contributed by atoms with Crippen molar-refractivity contribution in [2.75, 3.05) is 0 Å². The molecule has 0 radical (unpaired) electrons. The quantitative estimate of drug-likeness (QED) is 0.834. The van der Waals surface area contributed by atoms with E-state index >= 15 is 0 Å². The lowest BCUT2D eigenvalue weighted by Gasteiger charge is -2.02. The number of aromatic nitrogens is 2. The third kappa shape index (κ3) is 3.93. The Bertz CT molecular complexity index is 497. The van der Waals surface area contributed by atoms with Crippen molar-refractivity contribution < 1.29 is 0 Å². The summed E-state index contributed by atoms with van der Waals surface area (Å²) in [6.07, 6.45) is 6.10. The van der Waals surface area contributed by atoms with Crippen LogP contribution in [0.3, 0.4) is 0 Å². The Morgan fingerprint density at radius 2 is 1.95 bits per heavy atom. The molecule has 0 aliphatic heterocycles. The summed E-state index contributed by atoms with van der Waals surface area (Å²) in [5.74, 6) is 1.02. The number of nitrogens with one attached hydrogen (secondary N) is 1. The molecule has 0 saturated heterocycles. The molecule has 0 spiro atoms. The molecule has 0 amide bonds. The van der Waals surface area contributed by atoms with Crippen LogP contribution < -0.4 is 5.73 Å². The van der Waals surface area contributed by atoms with Crippen LogP contribution in [0.2, 0.25) is 0 Å². The highest BCUT2D eigenvalue weighted by atomic mass is 14.9. The summed E-state index contributed by atoms with van der Waals surface area (Å²) < 4.78 is 0. The first-order valence-corrected chi connectivity index (χ1v) is 7.07. The molecule has 3 N–H and O–H groups in total. The maximum atomic E-state index is 5.76. The van der Waals surface area contributed by atoms with Gasteiger partial charge < -0.3 is 10.7 Å². The van der Waals surface area contributed by atoms with Crippen molar-refractivity contribution in [1.29, 1.82) is 0 Å². The van der Waals surface area contributed by atoms with E-state index < -0.39 is 0 Å². The molecule has 2 rings (SSSR count). The molecule has 1 unspecified atom stereocenters. The van der Waals surface area contributed by atoms with E-state index in [1.807, 2.05) is 13.1 Å². The molecule has 3 nitrogen and oxygen atoms in total. The number of hydrogen-bond donors (Lipinski definition) is 2. The van der Waals surface area contributed by atoms with Crippen molar-refractivity contribution in [3.05, 3.63) is 41.9 Å². The molecule has 19 heavy (non-hydrogen) atoms. The van der Waals surface area contributed by atoms with E-state index in [1.165, 1.54) is 17.5 Å². The summed E-state index contributed by atoms with van der Waals surface area (Å²) in [6.45, 7) is 4.23. The minimum atomic E-state index is 0.224. The van der Waals surface area contributed by atoms with Gasteiger partial charge in [0.1, 0.15) is 5.82 Å². The number of hydrogen-bond acceptors (Lipinski definition) is 2. The molecule has 1 aromatic carbocycles. The smallest absolute Gasteiger partial charge is 0.106 e. The molecule has 2 aromatic rings. The van der Waals surface area contributed by atoms with Gasteiger partial charge in [-0.1, -0.05) is 37.6 Å². The van der Waals surface area contributed by atoms with E-state index in [2.05, 4.69) is 41.2 Å². The van der Waals surface area contributed by atoms with Crippen molar-refractivity contribution in [3.8, 4) is 11.3 Å². The third-order valence-electron chi connectivity index (χ3n) is 3.27. The van der Waals surface area contributed by atoms with Gasteiger partial charge in [0.25, 0.3) is 0 Å². The molecule has 0 bridgehead atoms. The van der Waals surface area contributed by atoms with Crippen LogP contribution in [0.1, 0.15) is 38.1 Å². The Morgan fingerprint density at radius 1 is 1.21 bits per heavy atom. The molecule has 0 aliphatic carbocycles. The molecule has 102 valence electrons. The fourth-order valence-corrected chi connectivity index (χ4v) is 2.14. The summed E-state index contributed by atoms with van der Waals surface area (Å²) in [7, 11) is 0.